The molecule has 0 saturated carbocycles. The molecule has 1 aromatic carbocycles. The molecule has 0 saturated heterocycles. The summed E-state index contributed by atoms with van der Waals surface area (Å²) < 4.78 is 16.3. The molecule has 0 amide bonds. The number of methoxy groups -OCH3 is 2. The Morgan fingerprint density at radius 1 is 1.33 bits per heavy atom. The van der Waals surface area contributed by atoms with Crippen LogP contribution in [0.1, 0.15) is 5.89 Å². The number of hydrogen-bond donors (Lipinski definition) is 1. The lowest BCUT2D eigenvalue weighted by molar-refractivity contribution is 0.355. The number of rotatable bonds is 4. The van der Waals surface area contributed by atoms with Gasteiger partial charge in [0.25, 0.3) is 0 Å². The predicted molar refractivity (Wildman–Crippen MR) is 68.4 cm³/mol. The standard InChI is InChI=1S/C11H12BrN3O3/c1-16-7-4-3-6(12)9(10(7)17-2)11-14-8(5-13)18-15-11/h3-4H,5,13H2,1-2H3. The van der Waals surface area contributed by atoms with Crippen LogP contribution >= 0.6 is 15.9 Å². The van der Waals surface area contributed by atoms with Crippen molar-refractivity contribution < 1.29 is 14.0 Å². The van der Waals surface area contributed by atoms with Gasteiger partial charge >= 0.3 is 0 Å². The van der Waals surface area contributed by atoms with Crippen LogP contribution in [0.25, 0.3) is 11.4 Å². The van der Waals surface area contributed by atoms with Crippen LogP contribution in [0.5, 0.6) is 11.5 Å². The van der Waals surface area contributed by atoms with E-state index in [1.807, 2.05) is 6.07 Å². The number of ether oxygens (including phenoxy) is 2. The maximum atomic E-state index is 5.44. The monoisotopic (exact) mass is 313 g/mol. The summed E-state index contributed by atoms with van der Waals surface area (Å²) in [4.78, 5) is 4.18. The van der Waals surface area contributed by atoms with E-state index in [1.54, 1.807) is 20.3 Å². The average molecular weight is 314 g/mol. The highest BCUT2D eigenvalue weighted by Gasteiger charge is 2.20. The molecule has 2 rings (SSSR count). The van der Waals surface area contributed by atoms with E-state index in [-0.39, 0.29) is 6.54 Å². The van der Waals surface area contributed by atoms with Crippen LogP contribution in [0.15, 0.2) is 21.1 Å². The van der Waals surface area contributed by atoms with E-state index in [9.17, 15) is 0 Å². The maximum Gasteiger partial charge on any atom is 0.240 e. The van der Waals surface area contributed by atoms with Gasteiger partial charge in [-0.2, -0.15) is 4.98 Å². The minimum Gasteiger partial charge on any atom is -0.493 e. The van der Waals surface area contributed by atoms with E-state index >= 15 is 0 Å². The van der Waals surface area contributed by atoms with Crippen molar-refractivity contribution >= 4 is 15.9 Å². The molecule has 0 unspecified atom stereocenters. The van der Waals surface area contributed by atoms with Gasteiger partial charge in [-0.1, -0.05) is 5.16 Å². The smallest absolute Gasteiger partial charge is 0.240 e. The third-order valence-corrected chi connectivity index (χ3v) is 3.02. The van der Waals surface area contributed by atoms with Gasteiger partial charge in [0.1, 0.15) is 0 Å². The van der Waals surface area contributed by atoms with Gasteiger partial charge in [0.15, 0.2) is 11.5 Å². The number of benzene rings is 1. The molecule has 0 atom stereocenters. The van der Waals surface area contributed by atoms with Crippen molar-refractivity contribution in [2.45, 2.75) is 6.54 Å². The van der Waals surface area contributed by atoms with Crippen molar-refractivity contribution in [3.05, 3.63) is 22.5 Å². The summed E-state index contributed by atoms with van der Waals surface area (Å²) in [6.07, 6.45) is 0. The second-order valence-electron chi connectivity index (χ2n) is 3.37. The van der Waals surface area contributed by atoms with Crippen molar-refractivity contribution in [3.63, 3.8) is 0 Å². The molecule has 1 aromatic heterocycles. The number of hydrogen-bond acceptors (Lipinski definition) is 6. The molecule has 18 heavy (non-hydrogen) atoms. The lowest BCUT2D eigenvalue weighted by Gasteiger charge is -2.11. The van der Waals surface area contributed by atoms with E-state index in [2.05, 4.69) is 26.1 Å². The highest BCUT2D eigenvalue weighted by atomic mass is 79.9. The fourth-order valence-electron chi connectivity index (χ4n) is 1.55. The second-order valence-corrected chi connectivity index (χ2v) is 4.23. The average Bonchev–Trinajstić information content (AvgIpc) is 2.86. The highest BCUT2D eigenvalue weighted by molar-refractivity contribution is 9.10. The molecule has 0 fully saturated rings. The van der Waals surface area contributed by atoms with Gasteiger partial charge < -0.3 is 19.7 Å². The molecule has 6 nitrogen and oxygen atoms in total. The molecule has 0 aliphatic rings. The van der Waals surface area contributed by atoms with Crippen LogP contribution < -0.4 is 15.2 Å². The lowest BCUT2D eigenvalue weighted by Crippen LogP contribution is -1.97. The molecule has 1 heterocycles. The minimum absolute atomic E-state index is 0.191. The molecule has 2 aromatic rings. The lowest BCUT2D eigenvalue weighted by atomic mass is 10.1. The number of nitrogens with zero attached hydrogens (tertiary/aromatic N) is 2. The van der Waals surface area contributed by atoms with Gasteiger partial charge in [0.05, 0.1) is 26.3 Å². The SMILES string of the molecule is COc1ccc(Br)c(-c2noc(CN)n2)c1OC. The summed E-state index contributed by atoms with van der Waals surface area (Å²) in [5.74, 6) is 1.89. The summed E-state index contributed by atoms with van der Waals surface area (Å²) in [6.45, 7) is 0.191. The summed E-state index contributed by atoms with van der Waals surface area (Å²) in [6, 6.07) is 3.62. The highest BCUT2D eigenvalue weighted by Crippen LogP contribution is 2.41. The summed E-state index contributed by atoms with van der Waals surface area (Å²) >= 11 is 3.43. The van der Waals surface area contributed by atoms with Gasteiger partial charge in [-0.05, 0) is 28.1 Å². The zero-order valence-electron chi connectivity index (χ0n) is 9.94. The third-order valence-electron chi connectivity index (χ3n) is 2.36. The van der Waals surface area contributed by atoms with Crippen LogP contribution in [0, 0.1) is 0 Å². The largest absolute Gasteiger partial charge is 0.493 e. The maximum absolute atomic E-state index is 5.44. The van der Waals surface area contributed by atoms with E-state index in [0.29, 0.717) is 28.8 Å². The minimum atomic E-state index is 0.191. The van der Waals surface area contributed by atoms with Crippen LogP contribution in [0.4, 0.5) is 0 Å². The van der Waals surface area contributed by atoms with Crippen LogP contribution in [-0.4, -0.2) is 24.4 Å². The Hall–Kier alpha value is -1.60. The normalized spacial score (nSPS) is 10.4. The first-order chi connectivity index (χ1) is 8.71. The first-order valence-electron chi connectivity index (χ1n) is 5.14. The van der Waals surface area contributed by atoms with Crippen molar-refractivity contribution in [1.82, 2.24) is 10.1 Å². The molecule has 0 bridgehead atoms. The Labute approximate surface area is 112 Å². The van der Waals surface area contributed by atoms with Crippen molar-refractivity contribution in [2.24, 2.45) is 5.73 Å². The molecule has 7 heteroatoms. The van der Waals surface area contributed by atoms with Crippen LogP contribution in [-0.2, 0) is 6.54 Å². The van der Waals surface area contributed by atoms with E-state index in [4.69, 9.17) is 19.7 Å². The van der Waals surface area contributed by atoms with E-state index in [1.165, 1.54) is 0 Å². The molecule has 0 spiro atoms. The zero-order valence-corrected chi connectivity index (χ0v) is 11.5. The number of aromatic nitrogens is 2. The third kappa shape index (κ3) is 2.19. The summed E-state index contributed by atoms with van der Waals surface area (Å²) in [5, 5.41) is 3.87. The van der Waals surface area contributed by atoms with E-state index < -0.39 is 0 Å². The first kappa shape index (κ1) is 12.8. The van der Waals surface area contributed by atoms with Gasteiger partial charge in [0, 0.05) is 4.47 Å². The Kier molecular flexibility index (Phi) is 3.83. The zero-order chi connectivity index (χ0) is 13.1. The molecule has 2 N–H and O–H groups in total. The van der Waals surface area contributed by atoms with Gasteiger partial charge in [-0.3, -0.25) is 0 Å². The Bertz CT molecular complexity index is 556. The van der Waals surface area contributed by atoms with Crippen molar-refractivity contribution in [1.29, 1.82) is 0 Å². The number of halogens is 1. The Morgan fingerprint density at radius 2 is 2.11 bits per heavy atom. The van der Waals surface area contributed by atoms with Crippen LogP contribution in [0.3, 0.4) is 0 Å². The van der Waals surface area contributed by atoms with Gasteiger partial charge in [0.2, 0.25) is 11.7 Å². The van der Waals surface area contributed by atoms with Gasteiger partial charge in [-0.25, -0.2) is 0 Å². The number of nitrogens with two attached hydrogens (primary N) is 1. The summed E-state index contributed by atoms with van der Waals surface area (Å²) in [7, 11) is 3.12. The van der Waals surface area contributed by atoms with Gasteiger partial charge in [-0.15, -0.1) is 0 Å². The molecule has 0 aliphatic heterocycles. The second kappa shape index (κ2) is 5.36. The Morgan fingerprint density at radius 3 is 2.67 bits per heavy atom. The molecular formula is C11H12BrN3O3. The molecule has 0 aliphatic carbocycles. The molecular weight excluding hydrogens is 302 g/mol. The first-order valence-corrected chi connectivity index (χ1v) is 5.94. The topological polar surface area (TPSA) is 83.4 Å². The van der Waals surface area contributed by atoms with E-state index in [0.717, 1.165) is 4.47 Å². The van der Waals surface area contributed by atoms with Crippen LogP contribution in [0.2, 0.25) is 0 Å². The van der Waals surface area contributed by atoms with Crippen molar-refractivity contribution in [3.8, 4) is 22.9 Å². The summed E-state index contributed by atoms with van der Waals surface area (Å²) in [5.41, 5.74) is 6.11. The van der Waals surface area contributed by atoms with Crippen molar-refractivity contribution in [2.75, 3.05) is 14.2 Å². The fraction of sp³-hybridized carbons (Fsp3) is 0.273. The fourth-order valence-corrected chi connectivity index (χ4v) is 2.04. The Balaban J connectivity index is 2.61. The molecule has 96 valence electrons. The molecule has 0 radical (unpaired) electrons. The predicted octanol–water partition coefficient (Wildman–Crippen LogP) is 1.97. The quantitative estimate of drug-likeness (QED) is 0.929.